The number of carboxylic acid groups (broad SMARTS) is 1. The molecule has 27 heavy (non-hydrogen) atoms. The monoisotopic (exact) mass is 397 g/mol. The zero-order chi connectivity index (χ0) is 20.0. The summed E-state index contributed by atoms with van der Waals surface area (Å²) in [6.07, 6.45) is -9.92. The van der Waals surface area contributed by atoms with E-state index in [4.69, 9.17) is 9.84 Å². The highest BCUT2D eigenvalue weighted by Crippen LogP contribution is 2.47. The first kappa shape index (κ1) is 19.8. The Kier molecular flexibility index (Phi) is 4.82. The molecule has 2 aliphatic rings. The van der Waals surface area contributed by atoms with E-state index in [9.17, 15) is 31.1 Å². The van der Waals surface area contributed by atoms with E-state index in [0.29, 0.717) is 18.4 Å². The molecule has 1 aromatic rings. The minimum atomic E-state index is -4.60. The van der Waals surface area contributed by atoms with E-state index < -0.39 is 41.8 Å². The van der Waals surface area contributed by atoms with E-state index in [0.717, 1.165) is 12.1 Å². The van der Waals surface area contributed by atoms with E-state index in [2.05, 4.69) is 0 Å². The van der Waals surface area contributed by atoms with Crippen molar-refractivity contribution in [2.45, 2.75) is 43.1 Å². The van der Waals surface area contributed by atoms with Crippen LogP contribution >= 0.6 is 0 Å². The summed E-state index contributed by atoms with van der Waals surface area (Å²) in [5.74, 6) is -1.41. The van der Waals surface area contributed by atoms with Crippen molar-refractivity contribution >= 4 is 5.97 Å². The van der Waals surface area contributed by atoms with Crippen LogP contribution in [0.4, 0.5) is 26.3 Å². The Bertz CT molecular complexity index is 722. The van der Waals surface area contributed by atoms with Crippen LogP contribution in [0.3, 0.4) is 0 Å². The summed E-state index contributed by atoms with van der Waals surface area (Å²) in [6, 6.07) is 1.58. The number of likely N-dealkylation sites (tertiary alicyclic amines) is 1. The maximum atomic E-state index is 12.8. The molecular weight excluding hydrogens is 380 g/mol. The second-order valence-electron chi connectivity index (χ2n) is 6.99. The van der Waals surface area contributed by atoms with Gasteiger partial charge in [0, 0.05) is 11.0 Å². The van der Waals surface area contributed by atoms with Gasteiger partial charge in [-0.05, 0) is 38.1 Å². The predicted molar refractivity (Wildman–Crippen MR) is 81.5 cm³/mol. The summed E-state index contributed by atoms with van der Waals surface area (Å²) in [5, 5.41) is 9.14. The van der Waals surface area contributed by atoms with Gasteiger partial charge < -0.3 is 9.84 Å². The van der Waals surface area contributed by atoms with Crippen molar-refractivity contribution < 1.29 is 41.0 Å². The summed E-state index contributed by atoms with van der Waals surface area (Å²) in [5.41, 5.74) is -0.832. The fourth-order valence-electron chi connectivity index (χ4n) is 3.82. The summed E-state index contributed by atoms with van der Waals surface area (Å²) < 4.78 is 81.9. The van der Waals surface area contributed by atoms with Gasteiger partial charge in [-0.15, -0.1) is 0 Å². The van der Waals surface area contributed by atoms with Crippen molar-refractivity contribution in [2.24, 2.45) is 0 Å². The molecule has 1 fully saturated rings. The lowest BCUT2D eigenvalue weighted by Crippen LogP contribution is -2.51. The lowest BCUT2D eigenvalue weighted by molar-refractivity contribution is -0.168. The molecule has 2 heterocycles. The average Bonchev–Trinajstić information content (AvgIpc) is 2.90. The number of alkyl halides is 6. The number of rotatable bonds is 3. The molecule has 0 aromatic heterocycles. The minimum Gasteiger partial charge on any atom is -0.492 e. The number of halogens is 6. The molecule has 1 saturated heterocycles. The van der Waals surface area contributed by atoms with Gasteiger partial charge in [0.2, 0.25) is 0 Å². The topological polar surface area (TPSA) is 49.8 Å². The molecule has 1 spiro atoms. The van der Waals surface area contributed by atoms with Crippen molar-refractivity contribution in [1.82, 2.24) is 4.90 Å². The fourth-order valence-corrected chi connectivity index (χ4v) is 3.82. The number of piperidine rings is 1. The largest absolute Gasteiger partial charge is 0.492 e. The van der Waals surface area contributed by atoms with Gasteiger partial charge in [0.25, 0.3) is 0 Å². The quantitative estimate of drug-likeness (QED) is 0.788. The van der Waals surface area contributed by atoms with E-state index in [1.54, 1.807) is 0 Å². The molecule has 1 N–H and O–H groups in total. The predicted octanol–water partition coefficient (Wildman–Crippen LogP) is 3.84. The third-order valence-corrected chi connectivity index (χ3v) is 5.29. The van der Waals surface area contributed by atoms with Gasteiger partial charge in [-0.2, -0.15) is 26.3 Å². The summed E-state index contributed by atoms with van der Waals surface area (Å²) in [7, 11) is 0. The number of hydrogen-bond acceptors (Lipinski definition) is 3. The van der Waals surface area contributed by atoms with Crippen LogP contribution in [0.2, 0.25) is 0 Å². The third kappa shape index (κ3) is 3.99. The molecule has 10 heteroatoms. The lowest BCUT2D eigenvalue weighted by Gasteiger charge is -2.41. The molecule has 1 aromatic carbocycles. The molecule has 0 saturated carbocycles. The van der Waals surface area contributed by atoms with Crippen LogP contribution in [0, 0.1) is 0 Å². The highest BCUT2D eigenvalue weighted by molar-refractivity contribution is 5.73. The van der Waals surface area contributed by atoms with Crippen molar-refractivity contribution in [3.8, 4) is 5.75 Å². The molecule has 2 aliphatic heterocycles. The lowest BCUT2D eigenvalue weighted by atomic mass is 9.74. The first-order chi connectivity index (χ1) is 12.4. The maximum Gasteiger partial charge on any atom is 0.416 e. The Morgan fingerprint density at radius 3 is 2.33 bits per heavy atom. The number of benzene rings is 1. The van der Waals surface area contributed by atoms with Gasteiger partial charge >= 0.3 is 18.3 Å². The van der Waals surface area contributed by atoms with Crippen LogP contribution < -0.4 is 4.74 Å². The van der Waals surface area contributed by atoms with E-state index in [1.165, 1.54) is 11.0 Å². The highest BCUT2D eigenvalue weighted by atomic mass is 19.4. The molecular formula is C17H17F6NO3. The molecule has 4 nitrogen and oxygen atoms in total. The first-order valence-corrected chi connectivity index (χ1v) is 8.29. The molecule has 0 amide bonds. The Morgan fingerprint density at radius 2 is 1.81 bits per heavy atom. The van der Waals surface area contributed by atoms with E-state index in [1.807, 2.05) is 0 Å². The number of nitrogens with zero attached hydrogens (tertiary/aromatic N) is 1. The Hall–Kier alpha value is -1.97. The number of ether oxygens (including phenoxy) is 1. The van der Waals surface area contributed by atoms with Crippen molar-refractivity contribution in [3.63, 3.8) is 0 Å². The maximum absolute atomic E-state index is 12.8. The van der Waals surface area contributed by atoms with Gasteiger partial charge in [0.05, 0.1) is 18.6 Å². The van der Waals surface area contributed by atoms with Gasteiger partial charge in [-0.1, -0.05) is 6.07 Å². The number of hydrogen-bond donors (Lipinski definition) is 1. The normalized spacial score (nSPS) is 21.0. The molecule has 1 atom stereocenters. The molecule has 3 rings (SSSR count). The fraction of sp³-hybridized carbons (Fsp3) is 0.588. The van der Waals surface area contributed by atoms with Crippen LogP contribution in [0.5, 0.6) is 5.75 Å². The third-order valence-electron chi connectivity index (χ3n) is 5.29. The molecule has 1 unspecified atom stereocenters. The summed E-state index contributed by atoms with van der Waals surface area (Å²) in [6.45, 7) is 0.322. The number of fused-ring (bicyclic) bond motifs is 2. The first-order valence-electron chi connectivity index (χ1n) is 8.29. The number of carboxylic acids is 1. The molecule has 0 aliphatic carbocycles. The molecule has 150 valence electrons. The van der Waals surface area contributed by atoms with Crippen LogP contribution in [0.25, 0.3) is 0 Å². The molecule has 0 bridgehead atoms. The zero-order valence-corrected chi connectivity index (χ0v) is 14.0. The second-order valence-corrected chi connectivity index (χ2v) is 6.99. The van der Waals surface area contributed by atoms with Gasteiger partial charge in [0.1, 0.15) is 11.8 Å². The Morgan fingerprint density at radius 1 is 1.19 bits per heavy atom. The van der Waals surface area contributed by atoms with Gasteiger partial charge in [-0.25, -0.2) is 0 Å². The summed E-state index contributed by atoms with van der Waals surface area (Å²) >= 11 is 0. The molecule has 0 radical (unpaired) electrons. The Balaban J connectivity index is 1.76. The minimum absolute atomic E-state index is 0.0941. The van der Waals surface area contributed by atoms with Crippen molar-refractivity contribution in [2.75, 3.05) is 19.7 Å². The average molecular weight is 397 g/mol. The van der Waals surface area contributed by atoms with Crippen LogP contribution in [0.15, 0.2) is 18.2 Å². The van der Waals surface area contributed by atoms with Gasteiger partial charge in [0.15, 0.2) is 0 Å². The second kappa shape index (κ2) is 6.57. The SMILES string of the molecule is O=C(O)C(CC(F)(F)F)N1CCC2(CC1)COc1cc(C(F)(F)F)ccc12. The van der Waals surface area contributed by atoms with Crippen molar-refractivity contribution in [1.29, 1.82) is 0 Å². The van der Waals surface area contributed by atoms with Crippen LogP contribution in [-0.4, -0.2) is 47.9 Å². The Labute approximate surface area is 150 Å². The van der Waals surface area contributed by atoms with Crippen molar-refractivity contribution in [3.05, 3.63) is 29.3 Å². The van der Waals surface area contributed by atoms with Gasteiger partial charge in [-0.3, -0.25) is 9.69 Å². The summed E-state index contributed by atoms with van der Waals surface area (Å²) in [4.78, 5) is 12.5. The highest BCUT2D eigenvalue weighted by Gasteiger charge is 2.47. The van der Waals surface area contributed by atoms with Crippen LogP contribution in [-0.2, 0) is 16.4 Å². The number of aliphatic carboxylic acids is 1. The number of carbonyl (C=O) groups is 1. The smallest absolute Gasteiger partial charge is 0.416 e. The van der Waals surface area contributed by atoms with E-state index in [-0.39, 0.29) is 25.4 Å². The zero-order valence-electron chi connectivity index (χ0n) is 14.0. The standard InChI is InChI=1S/C17H17F6NO3/c18-16(19,20)8-12(14(25)26)24-5-3-15(4-6-24)9-27-13-7-10(17(21,22)23)1-2-11(13)15/h1-2,7,12H,3-6,8-9H2,(H,25,26). The van der Waals surface area contributed by atoms with E-state index >= 15 is 0 Å². The van der Waals surface area contributed by atoms with Crippen LogP contribution in [0.1, 0.15) is 30.4 Å².